The second-order valence-electron chi connectivity index (χ2n) is 5.42. The number of amides is 1. The molecule has 0 aliphatic carbocycles. The Morgan fingerprint density at radius 2 is 2.17 bits per heavy atom. The number of hydrogen-bond acceptors (Lipinski definition) is 3. The van der Waals surface area contributed by atoms with Crippen LogP contribution in [0.4, 0.5) is 5.69 Å². The summed E-state index contributed by atoms with van der Waals surface area (Å²) in [5.41, 5.74) is 4.18. The molecule has 0 saturated carbocycles. The van der Waals surface area contributed by atoms with E-state index in [-0.39, 0.29) is 5.91 Å². The summed E-state index contributed by atoms with van der Waals surface area (Å²) in [6.07, 6.45) is 0.913. The minimum atomic E-state index is 0.122. The third kappa shape index (κ3) is 2.88. The van der Waals surface area contributed by atoms with Crippen LogP contribution in [0.2, 0.25) is 0 Å². The van der Waals surface area contributed by atoms with Crippen molar-refractivity contribution in [2.24, 2.45) is 0 Å². The number of anilines is 1. The van der Waals surface area contributed by atoms with Crippen molar-refractivity contribution in [2.75, 3.05) is 17.2 Å². The molecule has 23 heavy (non-hydrogen) atoms. The summed E-state index contributed by atoms with van der Waals surface area (Å²) in [6.45, 7) is 0.755. The normalized spacial score (nSPS) is 13.5. The fourth-order valence-electron chi connectivity index (χ4n) is 2.84. The number of aromatic nitrogens is 2. The molecule has 2 heterocycles. The van der Waals surface area contributed by atoms with Crippen molar-refractivity contribution >= 4 is 50.3 Å². The summed E-state index contributed by atoms with van der Waals surface area (Å²) in [5, 5.41) is 0.787. The maximum Gasteiger partial charge on any atom is 0.237 e. The largest absolute Gasteiger partial charge is 0.333 e. The van der Waals surface area contributed by atoms with Gasteiger partial charge in [0.2, 0.25) is 5.91 Å². The van der Waals surface area contributed by atoms with E-state index in [1.807, 2.05) is 41.3 Å². The van der Waals surface area contributed by atoms with E-state index in [4.69, 9.17) is 0 Å². The van der Waals surface area contributed by atoms with Gasteiger partial charge in [0.25, 0.3) is 0 Å². The van der Waals surface area contributed by atoms with Crippen molar-refractivity contribution in [1.29, 1.82) is 0 Å². The molecule has 3 aromatic rings. The third-order valence-electron chi connectivity index (χ3n) is 3.94. The van der Waals surface area contributed by atoms with Crippen LogP contribution in [0.3, 0.4) is 0 Å². The van der Waals surface area contributed by atoms with Crippen LogP contribution in [0.15, 0.2) is 52.1 Å². The van der Waals surface area contributed by atoms with E-state index >= 15 is 0 Å². The molecule has 4 nitrogen and oxygen atoms in total. The van der Waals surface area contributed by atoms with Crippen molar-refractivity contribution in [3.05, 3.63) is 52.5 Å². The molecule has 0 unspecified atom stereocenters. The molecule has 4 rings (SSSR count). The fourth-order valence-corrected chi connectivity index (χ4v) is 4.00. The van der Waals surface area contributed by atoms with Crippen LogP contribution >= 0.6 is 27.7 Å². The van der Waals surface area contributed by atoms with Crippen molar-refractivity contribution in [3.8, 4) is 0 Å². The quantitative estimate of drug-likeness (QED) is 0.690. The predicted molar refractivity (Wildman–Crippen MR) is 97.0 cm³/mol. The topological polar surface area (TPSA) is 49.0 Å². The minimum absolute atomic E-state index is 0.122. The number of aromatic amines is 1. The van der Waals surface area contributed by atoms with Gasteiger partial charge in [-0.15, -0.1) is 0 Å². The van der Waals surface area contributed by atoms with Gasteiger partial charge < -0.3 is 9.88 Å². The number of para-hydroxylation sites is 2. The maximum absolute atomic E-state index is 12.5. The van der Waals surface area contributed by atoms with Gasteiger partial charge in [0, 0.05) is 16.7 Å². The summed E-state index contributed by atoms with van der Waals surface area (Å²) in [4.78, 5) is 22.1. The molecular formula is C17H14BrN3OS. The molecule has 0 radical (unpaired) electrons. The summed E-state index contributed by atoms with van der Waals surface area (Å²) in [7, 11) is 0. The second-order valence-corrected chi connectivity index (χ2v) is 7.30. The SMILES string of the molecule is O=C(CSc1nc2ccccc2[nH]1)N1CCc2cc(Br)ccc21. The number of hydrogen-bond donors (Lipinski definition) is 1. The Morgan fingerprint density at radius 1 is 1.30 bits per heavy atom. The fraction of sp³-hybridized carbons (Fsp3) is 0.176. The molecule has 0 atom stereocenters. The zero-order valence-electron chi connectivity index (χ0n) is 12.3. The number of fused-ring (bicyclic) bond motifs is 2. The lowest BCUT2D eigenvalue weighted by Gasteiger charge is -2.16. The van der Waals surface area contributed by atoms with Gasteiger partial charge in [-0.3, -0.25) is 4.79 Å². The average molecular weight is 388 g/mol. The van der Waals surface area contributed by atoms with Gasteiger partial charge in [-0.2, -0.15) is 0 Å². The van der Waals surface area contributed by atoms with E-state index in [0.717, 1.165) is 39.3 Å². The average Bonchev–Trinajstić information content (AvgIpc) is 3.15. The van der Waals surface area contributed by atoms with E-state index in [9.17, 15) is 4.79 Å². The number of H-pyrrole nitrogens is 1. The number of thioether (sulfide) groups is 1. The van der Waals surface area contributed by atoms with Gasteiger partial charge in [-0.25, -0.2) is 4.98 Å². The first-order valence-corrected chi connectivity index (χ1v) is 9.15. The zero-order chi connectivity index (χ0) is 15.8. The first-order valence-electron chi connectivity index (χ1n) is 7.37. The van der Waals surface area contributed by atoms with Gasteiger partial charge >= 0.3 is 0 Å². The first kappa shape index (κ1) is 14.8. The van der Waals surface area contributed by atoms with Crippen LogP contribution < -0.4 is 4.90 Å². The minimum Gasteiger partial charge on any atom is -0.333 e. The molecule has 0 spiro atoms. The molecule has 0 bridgehead atoms. The molecule has 1 aliphatic heterocycles. The van der Waals surface area contributed by atoms with Gasteiger partial charge in [-0.1, -0.05) is 39.8 Å². The number of imidazole rings is 1. The van der Waals surface area contributed by atoms with E-state index in [1.165, 1.54) is 17.3 Å². The number of carbonyl (C=O) groups excluding carboxylic acids is 1. The zero-order valence-corrected chi connectivity index (χ0v) is 14.7. The van der Waals surface area contributed by atoms with Crippen LogP contribution in [0, 0.1) is 0 Å². The number of benzene rings is 2. The van der Waals surface area contributed by atoms with E-state index in [2.05, 4.69) is 32.0 Å². The highest BCUT2D eigenvalue weighted by molar-refractivity contribution is 9.10. The van der Waals surface area contributed by atoms with Crippen LogP contribution in [-0.4, -0.2) is 28.2 Å². The number of carbonyl (C=O) groups is 1. The molecule has 1 N–H and O–H groups in total. The lowest BCUT2D eigenvalue weighted by molar-refractivity contribution is -0.116. The molecule has 1 amide bonds. The summed E-state index contributed by atoms with van der Waals surface area (Å²) >= 11 is 4.93. The number of nitrogens with one attached hydrogen (secondary N) is 1. The van der Waals surface area contributed by atoms with Crippen LogP contribution in [0.1, 0.15) is 5.56 Å². The van der Waals surface area contributed by atoms with Gasteiger partial charge in [0.05, 0.1) is 16.8 Å². The van der Waals surface area contributed by atoms with E-state index in [0.29, 0.717) is 5.75 Å². The van der Waals surface area contributed by atoms with E-state index in [1.54, 1.807) is 0 Å². The predicted octanol–water partition coefficient (Wildman–Crippen LogP) is 4.01. The molecule has 2 aromatic carbocycles. The number of rotatable bonds is 3. The summed E-state index contributed by atoms with van der Waals surface area (Å²) < 4.78 is 1.06. The highest BCUT2D eigenvalue weighted by Gasteiger charge is 2.24. The molecule has 1 aliphatic rings. The van der Waals surface area contributed by atoms with Gasteiger partial charge in [-0.05, 0) is 42.3 Å². The van der Waals surface area contributed by atoms with Gasteiger partial charge in [0.15, 0.2) is 5.16 Å². The van der Waals surface area contributed by atoms with Gasteiger partial charge in [0.1, 0.15) is 0 Å². The second kappa shape index (κ2) is 6.02. The Kier molecular flexibility index (Phi) is 3.87. The molecule has 0 saturated heterocycles. The molecule has 116 valence electrons. The molecule has 6 heteroatoms. The smallest absolute Gasteiger partial charge is 0.237 e. The monoisotopic (exact) mass is 387 g/mol. The highest BCUT2D eigenvalue weighted by atomic mass is 79.9. The van der Waals surface area contributed by atoms with Crippen LogP contribution in [0.25, 0.3) is 11.0 Å². The van der Waals surface area contributed by atoms with Crippen LogP contribution in [0.5, 0.6) is 0 Å². The highest BCUT2D eigenvalue weighted by Crippen LogP contribution is 2.31. The van der Waals surface area contributed by atoms with Crippen LogP contribution in [-0.2, 0) is 11.2 Å². The maximum atomic E-state index is 12.5. The molecular weight excluding hydrogens is 374 g/mol. The van der Waals surface area contributed by atoms with E-state index < -0.39 is 0 Å². The molecule has 1 aromatic heterocycles. The summed E-state index contributed by atoms with van der Waals surface area (Å²) in [6, 6.07) is 14.0. The van der Waals surface area contributed by atoms with Crippen molar-refractivity contribution in [1.82, 2.24) is 9.97 Å². The van der Waals surface area contributed by atoms with Crippen molar-refractivity contribution in [3.63, 3.8) is 0 Å². The Morgan fingerprint density at radius 3 is 3.04 bits per heavy atom. The number of halogens is 1. The lowest BCUT2D eigenvalue weighted by Crippen LogP contribution is -2.30. The number of nitrogens with zero attached hydrogens (tertiary/aromatic N) is 2. The third-order valence-corrected chi connectivity index (χ3v) is 5.29. The Bertz CT molecular complexity index is 859. The first-order chi connectivity index (χ1) is 11.2. The van der Waals surface area contributed by atoms with Crippen molar-refractivity contribution < 1.29 is 4.79 Å². The standard InChI is InChI=1S/C17H14BrN3OS/c18-12-5-6-15-11(9-12)7-8-21(15)16(22)10-23-17-19-13-3-1-2-4-14(13)20-17/h1-6,9H,7-8,10H2,(H,19,20). The van der Waals surface area contributed by atoms with Crippen molar-refractivity contribution in [2.45, 2.75) is 11.6 Å². The summed E-state index contributed by atoms with van der Waals surface area (Å²) in [5.74, 6) is 0.506. The molecule has 0 fully saturated rings. The Balaban J connectivity index is 1.47. The lowest BCUT2D eigenvalue weighted by atomic mass is 10.2. The Labute approximate surface area is 146 Å². The Hall–Kier alpha value is -1.79.